The van der Waals surface area contributed by atoms with Gasteiger partial charge in [-0.05, 0) is 55.8 Å². The summed E-state index contributed by atoms with van der Waals surface area (Å²) in [4.78, 5) is 26.1. The summed E-state index contributed by atoms with van der Waals surface area (Å²) in [6.07, 6.45) is 0.658. The summed E-state index contributed by atoms with van der Waals surface area (Å²) in [5, 5.41) is 3.31. The van der Waals surface area contributed by atoms with Crippen LogP contribution in [0.2, 0.25) is 10.0 Å². The van der Waals surface area contributed by atoms with Crippen molar-refractivity contribution < 1.29 is 18.0 Å². The van der Waals surface area contributed by atoms with Gasteiger partial charge in [-0.25, -0.2) is 13.1 Å². The lowest BCUT2D eigenvalue weighted by Gasteiger charge is -2.17. The summed E-state index contributed by atoms with van der Waals surface area (Å²) in [5.74, 6) is -0.834. The maximum atomic E-state index is 12.6. The summed E-state index contributed by atoms with van der Waals surface area (Å²) in [7, 11) is -2.18. The lowest BCUT2D eigenvalue weighted by molar-refractivity contribution is -0.116. The van der Waals surface area contributed by atoms with Crippen molar-refractivity contribution in [1.82, 2.24) is 9.62 Å². The largest absolute Gasteiger partial charge is 0.332 e. The predicted molar refractivity (Wildman–Crippen MR) is 119 cm³/mol. The summed E-state index contributed by atoms with van der Waals surface area (Å²) in [5.41, 5.74) is 0.723. The number of carbonyl (C=O) groups excluding carboxylic acids is 2. The molecule has 0 heterocycles. The molecule has 2 rings (SSSR count). The Bertz CT molecular complexity index is 1030. The molecule has 2 aromatic rings. The third-order valence-electron chi connectivity index (χ3n) is 4.31. The number of nitrogens with zero attached hydrogens (tertiary/aromatic N) is 1. The molecule has 0 saturated carbocycles. The van der Waals surface area contributed by atoms with Gasteiger partial charge in [0.05, 0.1) is 21.5 Å². The molecule has 2 aromatic carbocycles. The standard InChI is InChI=1S/C20H23Cl2N3O4S/c1-4-13(2)24-30(28,29)16-8-5-14(6-9-16)20(27)25(3)12-19(26)23-15-7-10-17(21)18(22)11-15/h5-11,13,24H,4,12H2,1-3H3,(H,23,26). The first-order valence-corrected chi connectivity index (χ1v) is 11.4. The van der Waals surface area contributed by atoms with E-state index in [1.165, 1.54) is 42.3 Å². The molecule has 0 aromatic heterocycles. The van der Waals surface area contributed by atoms with Gasteiger partial charge in [-0.1, -0.05) is 30.1 Å². The van der Waals surface area contributed by atoms with Gasteiger partial charge < -0.3 is 10.2 Å². The molecule has 2 amide bonds. The highest BCUT2D eigenvalue weighted by Crippen LogP contribution is 2.25. The zero-order chi connectivity index (χ0) is 22.5. The van der Waals surface area contributed by atoms with Crippen LogP contribution in [0, 0.1) is 0 Å². The average molecular weight is 472 g/mol. The van der Waals surface area contributed by atoms with Gasteiger partial charge in [-0.3, -0.25) is 9.59 Å². The van der Waals surface area contributed by atoms with Gasteiger partial charge in [0.25, 0.3) is 5.91 Å². The van der Waals surface area contributed by atoms with Crippen molar-refractivity contribution in [2.24, 2.45) is 0 Å². The highest BCUT2D eigenvalue weighted by molar-refractivity contribution is 7.89. The third kappa shape index (κ3) is 6.43. The van der Waals surface area contributed by atoms with Gasteiger partial charge in [-0.15, -0.1) is 0 Å². The Balaban J connectivity index is 2.01. The number of likely N-dealkylation sites (N-methyl/N-ethyl adjacent to an activating group) is 1. The van der Waals surface area contributed by atoms with Gasteiger partial charge in [0.15, 0.2) is 0 Å². The Labute approximate surface area is 186 Å². The molecule has 0 aliphatic rings. The van der Waals surface area contributed by atoms with Crippen LogP contribution in [0.4, 0.5) is 5.69 Å². The topological polar surface area (TPSA) is 95.6 Å². The molecule has 10 heteroatoms. The summed E-state index contributed by atoms with van der Waals surface area (Å²) >= 11 is 11.8. The quantitative estimate of drug-likeness (QED) is 0.611. The zero-order valence-corrected chi connectivity index (χ0v) is 19.1. The Hall–Kier alpha value is -2.13. The van der Waals surface area contributed by atoms with Gasteiger partial charge >= 0.3 is 0 Å². The van der Waals surface area contributed by atoms with Crippen molar-refractivity contribution in [3.05, 3.63) is 58.1 Å². The van der Waals surface area contributed by atoms with Crippen LogP contribution < -0.4 is 10.0 Å². The molecule has 30 heavy (non-hydrogen) atoms. The van der Waals surface area contributed by atoms with Crippen LogP contribution in [0.1, 0.15) is 30.6 Å². The molecule has 0 aliphatic heterocycles. The number of sulfonamides is 1. The van der Waals surface area contributed by atoms with Crippen LogP contribution in [-0.4, -0.2) is 44.8 Å². The fourth-order valence-corrected chi connectivity index (χ4v) is 4.10. The molecule has 0 radical (unpaired) electrons. The fourth-order valence-electron chi connectivity index (χ4n) is 2.47. The maximum absolute atomic E-state index is 12.6. The molecular weight excluding hydrogens is 449 g/mol. The van der Waals surface area contributed by atoms with Crippen LogP contribution in [0.15, 0.2) is 47.4 Å². The lowest BCUT2D eigenvalue weighted by Crippen LogP contribution is -2.35. The van der Waals surface area contributed by atoms with Crippen molar-refractivity contribution in [1.29, 1.82) is 0 Å². The van der Waals surface area contributed by atoms with Crippen molar-refractivity contribution in [2.45, 2.75) is 31.2 Å². The number of carbonyl (C=O) groups is 2. The summed E-state index contributed by atoms with van der Waals surface area (Å²) in [6.45, 7) is 3.45. The number of amides is 2. The zero-order valence-electron chi connectivity index (χ0n) is 16.8. The molecule has 0 saturated heterocycles. The second-order valence-corrected chi connectivity index (χ2v) is 9.32. The van der Waals surface area contributed by atoms with E-state index in [0.717, 1.165) is 0 Å². The fraction of sp³-hybridized carbons (Fsp3) is 0.300. The number of halogens is 2. The molecule has 0 aliphatic carbocycles. The minimum atomic E-state index is -3.65. The highest BCUT2D eigenvalue weighted by atomic mass is 35.5. The predicted octanol–water partition coefficient (Wildman–Crippen LogP) is 3.78. The molecule has 1 atom stereocenters. The van der Waals surface area contributed by atoms with E-state index in [1.807, 2.05) is 6.92 Å². The van der Waals surface area contributed by atoms with E-state index >= 15 is 0 Å². The molecule has 1 unspecified atom stereocenters. The van der Waals surface area contributed by atoms with E-state index in [9.17, 15) is 18.0 Å². The summed E-state index contributed by atoms with van der Waals surface area (Å²) in [6, 6.07) is 10.0. The highest BCUT2D eigenvalue weighted by Gasteiger charge is 2.19. The van der Waals surface area contributed by atoms with Gasteiger partial charge in [-0.2, -0.15) is 0 Å². The van der Waals surface area contributed by atoms with E-state index in [0.29, 0.717) is 22.2 Å². The number of benzene rings is 2. The number of rotatable bonds is 8. The van der Waals surface area contributed by atoms with Crippen molar-refractivity contribution in [3.63, 3.8) is 0 Å². The first kappa shape index (κ1) is 24.1. The van der Waals surface area contributed by atoms with Crippen LogP contribution in [0.3, 0.4) is 0 Å². The van der Waals surface area contributed by atoms with E-state index in [1.54, 1.807) is 19.1 Å². The molecule has 162 valence electrons. The van der Waals surface area contributed by atoms with Crippen LogP contribution >= 0.6 is 23.2 Å². The van der Waals surface area contributed by atoms with Crippen LogP contribution in [0.5, 0.6) is 0 Å². The molecule has 7 nitrogen and oxygen atoms in total. The Kier molecular flexibility index (Phi) is 8.25. The minimum absolute atomic E-state index is 0.0689. The van der Waals surface area contributed by atoms with Crippen molar-refractivity contribution in [2.75, 3.05) is 18.9 Å². The number of hydrogen-bond donors (Lipinski definition) is 2. The Morgan fingerprint density at radius 1 is 1.07 bits per heavy atom. The Morgan fingerprint density at radius 3 is 2.27 bits per heavy atom. The van der Waals surface area contributed by atoms with Crippen LogP contribution in [0.25, 0.3) is 0 Å². The van der Waals surface area contributed by atoms with Crippen LogP contribution in [-0.2, 0) is 14.8 Å². The van der Waals surface area contributed by atoms with E-state index in [4.69, 9.17) is 23.2 Å². The molecule has 2 N–H and O–H groups in total. The van der Waals surface area contributed by atoms with E-state index in [2.05, 4.69) is 10.0 Å². The second-order valence-electron chi connectivity index (χ2n) is 6.79. The summed E-state index contributed by atoms with van der Waals surface area (Å²) < 4.78 is 27.2. The third-order valence-corrected chi connectivity index (χ3v) is 6.66. The monoisotopic (exact) mass is 471 g/mol. The number of nitrogens with one attached hydrogen (secondary N) is 2. The lowest BCUT2D eigenvalue weighted by atomic mass is 10.2. The van der Waals surface area contributed by atoms with Crippen molar-refractivity contribution in [3.8, 4) is 0 Å². The SMILES string of the molecule is CCC(C)NS(=O)(=O)c1ccc(C(=O)N(C)CC(=O)Nc2ccc(Cl)c(Cl)c2)cc1. The van der Waals surface area contributed by atoms with Gasteiger partial charge in [0.2, 0.25) is 15.9 Å². The molecule has 0 bridgehead atoms. The molecular formula is C20H23Cl2N3O4S. The van der Waals surface area contributed by atoms with Gasteiger partial charge in [0, 0.05) is 24.3 Å². The van der Waals surface area contributed by atoms with E-state index < -0.39 is 21.8 Å². The Morgan fingerprint density at radius 2 is 1.70 bits per heavy atom. The van der Waals surface area contributed by atoms with Crippen molar-refractivity contribution >= 4 is 50.7 Å². The second kappa shape index (κ2) is 10.3. The average Bonchev–Trinajstić information content (AvgIpc) is 2.69. The number of hydrogen-bond acceptors (Lipinski definition) is 4. The molecule has 0 fully saturated rings. The molecule has 0 spiro atoms. The minimum Gasteiger partial charge on any atom is -0.332 e. The first-order chi connectivity index (χ1) is 14.0. The normalized spacial score (nSPS) is 12.3. The maximum Gasteiger partial charge on any atom is 0.254 e. The van der Waals surface area contributed by atoms with E-state index in [-0.39, 0.29) is 23.0 Å². The first-order valence-electron chi connectivity index (χ1n) is 9.16. The number of anilines is 1. The van der Waals surface area contributed by atoms with Gasteiger partial charge in [0.1, 0.15) is 0 Å². The smallest absolute Gasteiger partial charge is 0.254 e.